The van der Waals surface area contributed by atoms with E-state index in [-0.39, 0.29) is 17.6 Å². The maximum atomic E-state index is 11.3. The van der Waals surface area contributed by atoms with E-state index in [1.807, 2.05) is 6.92 Å². The normalized spacial score (nSPS) is 12.0. The third-order valence-corrected chi connectivity index (χ3v) is 1.98. The van der Waals surface area contributed by atoms with Gasteiger partial charge in [0.05, 0.1) is 11.5 Å². The fourth-order valence-electron chi connectivity index (χ4n) is 1.30. The summed E-state index contributed by atoms with van der Waals surface area (Å²) in [5.74, 6) is -0.886. The molecule has 0 aromatic rings. The minimum Gasteiger partial charge on any atom is -0.392 e. The van der Waals surface area contributed by atoms with Crippen LogP contribution in [0.25, 0.3) is 0 Å². The zero-order chi connectivity index (χ0) is 12.7. The zero-order valence-corrected chi connectivity index (χ0v) is 10.7. The first kappa shape index (κ1) is 14.8. The average Bonchev–Trinajstić information content (AvgIpc) is 2.12. The molecule has 0 aromatic carbocycles. The lowest BCUT2D eigenvalue weighted by atomic mass is 10.1. The molecule has 0 aliphatic rings. The zero-order valence-electron chi connectivity index (χ0n) is 9.87. The van der Waals surface area contributed by atoms with Gasteiger partial charge in [-0.1, -0.05) is 26.1 Å². The molecule has 0 heterocycles. The van der Waals surface area contributed by atoms with E-state index < -0.39 is 11.8 Å². The Hall–Kier alpha value is -1.17. The quantitative estimate of drug-likeness (QED) is 0.468. The lowest BCUT2D eigenvalue weighted by Gasteiger charge is -2.15. The molecule has 0 fully saturated rings. The molecule has 92 valence electrons. The molecular formula is C10H19N3O2S. The van der Waals surface area contributed by atoms with E-state index >= 15 is 0 Å². The predicted octanol–water partition coefficient (Wildman–Crippen LogP) is -0.0605. The Kier molecular flexibility index (Phi) is 6.64. The van der Waals surface area contributed by atoms with Gasteiger partial charge in [0.2, 0.25) is 0 Å². The summed E-state index contributed by atoms with van der Waals surface area (Å²) in [5, 5.41) is 4.92. The van der Waals surface area contributed by atoms with Crippen molar-refractivity contribution in [2.24, 2.45) is 11.7 Å². The second-order valence-corrected chi connectivity index (χ2v) is 4.68. The molecule has 0 bridgehead atoms. The lowest BCUT2D eigenvalue weighted by Crippen LogP contribution is -2.45. The van der Waals surface area contributed by atoms with Gasteiger partial charge in [-0.25, -0.2) is 0 Å². The molecule has 0 radical (unpaired) electrons. The van der Waals surface area contributed by atoms with Crippen molar-refractivity contribution in [3.8, 4) is 0 Å². The Labute approximate surface area is 101 Å². The molecule has 0 saturated carbocycles. The number of nitrogens with one attached hydrogen (secondary N) is 2. The smallest absolute Gasteiger partial charge is 0.309 e. The van der Waals surface area contributed by atoms with Gasteiger partial charge in [0.25, 0.3) is 0 Å². The molecule has 6 heteroatoms. The van der Waals surface area contributed by atoms with Gasteiger partial charge in [-0.2, -0.15) is 0 Å². The Morgan fingerprint density at radius 3 is 2.25 bits per heavy atom. The molecule has 2 amide bonds. The largest absolute Gasteiger partial charge is 0.392 e. The topological polar surface area (TPSA) is 84.2 Å². The van der Waals surface area contributed by atoms with Crippen LogP contribution in [0, 0.1) is 5.92 Å². The van der Waals surface area contributed by atoms with Crippen LogP contribution < -0.4 is 16.4 Å². The summed E-state index contributed by atoms with van der Waals surface area (Å²) in [4.78, 5) is 22.7. The van der Waals surface area contributed by atoms with Gasteiger partial charge in [0.15, 0.2) is 0 Å². The number of nitrogens with two attached hydrogens (primary N) is 1. The number of amides is 2. The highest BCUT2D eigenvalue weighted by Crippen LogP contribution is 2.03. The summed E-state index contributed by atoms with van der Waals surface area (Å²) >= 11 is 4.58. The minimum absolute atomic E-state index is 0.0249. The first-order chi connectivity index (χ1) is 7.32. The van der Waals surface area contributed by atoms with Gasteiger partial charge in [0.1, 0.15) is 0 Å². The Bertz CT molecular complexity index is 279. The van der Waals surface area contributed by atoms with Crippen LogP contribution in [0.3, 0.4) is 0 Å². The van der Waals surface area contributed by atoms with Crippen molar-refractivity contribution < 1.29 is 9.59 Å². The van der Waals surface area contributed by atoms with Crippen molar-refractivity contribution in [3.63, 3.8) is 0 Å². The van der Waals surface area contributed by atoms with Crippen LogP contribution in [0.1, 0.15) is 27.2 Å². The summed E-state index contributed by atoms with van der Waals surface area (Å²) in [6.45, 7) is 6.00. The lowest BCUT2D eigenvalue weighted by molar-refractivity contribution is -0.139. The van der Waals surface area contributed by atoms with E-state index in [1.54, 1.807) is 0 Å². The number of carbonyl (C=O) groups is 2. The van der Waals surface area contributed by atoms with Gasteiger partial charge in [-0.15, -0.1) is 0 Å². The van der Waals surface area contributed by atoms with Crippen LogP contribution >= 0.6 is 12.2 Å². The highest BCUT2D eigenvalue weighted by molar-refractivity contribution is 7.80. The van der Waals surface area contributed by atoms with Gasteiger partial charge in [0, 0.05) is 6.04 Å². The highest BCUT2D eigenvalue weighted by Gasteiger charge is 2.16. The minimum atomic E-state index is -0.705. The fraction of sp³-hybridized carbons (Fsp3) is 0.700. The van der Waals surface area contributed by atoms with E-state index in [4.69, 9.17) is 5.73 Å². The van der Waals surface area contributed by atoms with Crippen molar-refractivity contribution in [1.29, 1.82) is 0 Å². The monoisotopic (exact) mass is 245 g/mol. The van der Waals surface area contributed by atoms with Crippen molar-refractivity contribution >= 4 is 29.0 Å². The number of hydrogen-bond acceptors (Lipinski definition) is 3. The molecule has 1 unspecified atom stereocenters. The summed E-state index contributed by atoms with van der Waals surface area (Å²) in [7, 11) is 0. The first-order valence-corrected chi connectivity index (χ1v) is 5.60. The molecule has 4 N–H and O–H groups in total. The fourth-order valence-corrected chi connectivity index (χ4v) is 1.38. The third-order valence-electron chi connectivity index (χ3n) is 1.83. The van der Waals surface area contributed by atoms with Gasteiger partial charge >= 0.3 is 11.8 Å². The molecular weight excluding hydrogens is 226 g/mol. The van der Waals surface area contributed by atoms with Crippen molar-refractivity contribution in [3.05, 3.63) is 0 Å². The van der Waals surface area contributed by atoms with Crippen LogP contribution in [-0.2, 0) is 9.59 Å². The first-order valence-electron chi connectivity index (χ1n) is 5.20. The van der Waals surface area contributed by atoms with E-state index in [0.717, 1.165) is 6.42 Å². The molecule has 0 rings (SSSR count). The van der Waals surface area contributed by atoms with Crippen LogP contribution in [0.15, 0.2) is 0 Å². The summed E-state index contributed by atoms with van der Waals surface area (Å²) in [6, 6.07) is -0.0249. The van der Waals surface area contributed by atoms with E-state index in [9.17, 15) is 9.59 Å². The molecule has 1 atom stereocenters. The maximum Gasteiger partial charge on any atom is 0.309 e. The van der Waals surface area contributed by atoms with E-state index in [2.05, 4.69) is 36.7 Å². The Morgan fingerprint density at radius 2 is 1.81 bits per heavy atom. The highest BCUT2D eigenvalue weighted by atomic mass is 32.1. The summed E-state index contributed by atoms with van der Waals surface area (Å²) in [6.07, 6.45) is 0.828. The molecule has 16 heavy (non-hydrogen) atoms. The van der Waals surface area contributed by atoms with Crippen LogP contribution in [0.5, 0.6) is 0 Å². The molecule has 0 aromatic heterocycles. The SMILES string of the molecule is CC(C)CC(C)NC(=O)C(=O)NCC(N)=S. The van der Waals surface area contributed by atoms with E-state index in [0.29, 0.717) is 5.92 Å². The number of hydrogen-bond donors (Lipinski definition) is 3. The average molecular weight is 245 g/mol. The number of thiocarbonyl (C=S) groups is 1. The van der Waals surface area contributed by atoms with Gasteiger partial charge < -0.3 is 16.4 Å². The predicted molar refractivity (Wildman–Crippen MR) is 66.9 cm³/mol. The third kappa shape index (κ3) is 7.17. The van der Waals surface area contributed by atoms with Crippen LogP contribution in [0.2, 0.25) is 0 Å². The second kappa shape index (κ2) is 7.16. The number of rotatable bonds is 5. The van der Waals surface area contributed by atoms with Crippen molar-refractivity contribution in [1.82, 2.24) is 10.6 Å². The Balaban J connectivity index is 3.95. The van der Waals surface area contributed by atoms with Gasteiger partial charge in [-0.05, 0) is 19.3 Å². The number of carbonyl (C=O) groups excluding carboxylic acids is 2. The molecule has 0 saturated heterocycles. The summed E-state index contributed by atoms with van der Waals surface area (Å²) < 4.78 is 0. The van der Waals surface area contributed by atoms with Crippen molar-refractivity contribution in [2.45, 2.75) is 33.2 Å². The molecule has 0 aliphatic carbocycles. The Morgan fingerprint density at radius 1 is 1.25 bits per heavy atom. The maximum absolute atomic E-state index is 11.3. The molecule has 0 spiro atoms. The molecule has 5 nitrogen and oxygen atoms in total. The molecule has 0 aliphatic heterocycles. The van der Waals surface area contributed by atoms with Crippen molar-refractivity contribution in [2.75, 3.05) is 6.54 Å². The summed E-state index contributed by atoms with van der Waals surface area (Å²) in [5.41, 5.74) is 5.19. The second-order valence-electron chi connectivity index (χ2n) is 4.15. The van der Waals surface area contributed by atoms with Crippen LogP contribution in [0.4, 0.5) is 0 Å². The van der Waals surface area contributed by atoms with E-state index in [1.165, 1.54) is 0 Å². The standard InChI is InChI=1S/C10H19N3O2S/c1-6(2)4-7(3)13-10(15)9(14)12-5-8(11)16/h6-7H,4-5H2,1-3H3,(H2,11,16)(H,12,14)(H,13,15). The van der Waals surface area contributed by atoms with Crippen LogP contribution in [-0.4, -0.2) is 29.4 Å². The van der Waals surface area contributed by atoms with Gasteiger partial charge in [-0.3, -0.25) is 9.59 Å².